The first-order valence-electron chi connectivity index (χ1n) is 15.6. The molecule has 3 heterocycles. The van der Waals surface area contributed by atoms with E-state index < -0.39 is 5.41 Å². The summed E-state index contributed by atoms with van der Waals surface area (Å²) in [5.74, 6) is 0. The van der Waals surface area contributed by atoms with Gasteiger partial charge in [0.25, 0.3) is 0 Å². The van der Waals surface area contributed by atoms with Gasteiger partial charge in [-0.2, -0.15) is 0 Å². The minimum absolute atomic E-state index is 0.450. The van der Waals surface area contributed by atoms with E-state index in [0.29, 0.717) is 0 Å². The van der Waals surface area contributed by atoms with Crippen LogP contribution < -0.4 is 0 Å². The molecule has 0 atom stereocenters. The molecule has 11 rings (SSSR count). The Hall–Kier alpha value is -5.86. The zero-order valence-corrected chi connectivity index (χ0v) is 24.3. The highest BCUT2D eigenvalue weighted by molar-refractivity contribution is 6.13. The van der Waals surface area contributed by atoms with E-state index in [-0.39, 0.29) is 0 Å². The zero-order valence-electron chi connectivity index (χ0n) is 24.3. The Kier molecular flexibility index (Phi) is 4.29. The Morgan fingerprint density at radius 3 is 1.89 bits per heavy atom. The summed E-state index contributed by atoms with van der Waals surface area (Å²) in [6.45, 7) is 0. The van der Waals surface area contributed by atoms with Crippen LogP contribution in [-0.4, -0.2) is 4.57 Å². The van der Waals surface area contributed by atoms with Crippen molar-refractivity contribution < 1.29 is 4.42 Å². The molecule has 0 unspecified atom stereocenters. The second kappa shape index (κ2) is 8.19. The normalized spacial score (nSPS) is 14.0. The van der Waals surface area contributed by atoms with Crippen molar-refractivity contribution in [1.29, 1.82) is 0 Å². The average molecular weight is 572 g/mol. The van der Waals surface area contributed by atoms with Gasteiger partial charge >= 0.3 is 0 Å². The Morgan fingerprint density at radius 1 is 0.422 bits per heavy atom. The third-order valence-corrected chi connectivity index (χ3v) is 10.4. The summed E-state index contributed by atoms with van der Waals surface area (Å²) in [5.41, 5.74) is 15.6. The van der Waals surface area contributed by atoms with Gasteiger partial charge in [-0.15, -0.1) is 0 Å². The summed E-state index contributed by atoms with van der Waals surface area (Å²) in [7, 11) is 0. The van der Waals surface area contributed by atoms with Crippen LogP contribution in [0.15, 0.2) is 156 Å². The topological polar surface area (TPSA) is 18.1 Å². The maximum absolute atomic E-state index is 6.19. The highest BCUT2D eigenvalue weighted by Crippen LogP contribution is 2.61. The van der Waals surface area contributed by atoms with Crippen molar-refractivity contribution >= 4 is 43.7 Å². The maximum Gasteiger partial charge on any atom is 0.135 e. The molecular formula is C43H25NO. The molecular weight excluding hydrogens is 546 g/mol. The van der Waals surface area contributed by atoms with Crippen LogP contribution in [0, 0.1) is 0 Å². The molecule has 0 saturated heterocycles. The fourth-order valence-electron chi connectivity index (χ4n) is 8.65. The van der Waals surface area contributed by atoms with Crippen molar-refractivity contribution in [3.05, 3.63) is 174 Å². The highest BCUT2D eigenvalue weighted by Gasteiger charge is 2.50. The molecule has 1 aliphatic carbocycles. The molecule has 2 aliphatic rings. The van der Waals surface area contributed by atoms with Crippen molar-refractivity contribution in [1.82, 2.24) is 4.57 Å². The summed E-state index contributed by atoms with van der Waals surface area (Å²) in [4.78, 5) is 0. The SMILES string of the molecule is c1ccc2c(c1)-c1ccccc1C21c2cc(-c3ccc4oc5ccccc5c4c3)ccc2-n2c3ccccc3c3cccc1c32. The number of fused-ring (bicyclic) bond motifs is 15. The van der Waals surface area contributed by atoms with Gasteiger partial charge in [0.15, 0.2) is 0 Å². The number of para-hydroxylation sites is 3. The Bertz CT molecular complexity index is 2670. The molecule has 1 spiro atoms. The molecule has 208 valence electrons. The van der Waals surface area contributed by atoms with E-state index in [9.17, 15) is 0 Å². The summed E-state index contributed by atoms with van der Waals surface area (Å²) in [6.07, 6.45) is 0. The maximum atomic E-state index is 6.19. The van der Waals surface area contributed by atoms with Gasteiger partial charge < -0.3 is 8.98 Å². The van der Waals surface area contributed by atoms with E-state index >= 15 is 0 Å². The Balaban J connectivity index is 1.30. The molecule has 0 radical (unpaired) electrons. The van der Waals surface area contributed by atoms with Gasteiger partial charge in [-0.1, -0.05) is 115 Å². The van der Waals surface area contributed by atoms with Gasteiger partial charge in [-0.25, -0.2) is 0 Å². The third kappa shape index (κ3) is 2.77. The van der Waals surface area contributed by atoms with Crippen LogP contribution in [0.4, 0.5) is 0 Å². The van der Waals surface area contributed by atoms with Gasteiger partial charge in [0.2, 0.25) is 0 Å². The highest BCUT2D eigenvalue weighted by atomic mass is 16.3. The molecule has 0 fully saturated rings. The number of hydrogen-bond acceptors (Lipinski definition) is 1. The average Bonchev–Trinajstić information content (AvgIpc) is 3.74. The first kappa shape index (κ1) is 23.6. The smallest absolute Gasteiger partial charge is 0.135 e. The monoisotopic (exact) mass is 571 g/mol. The lowest BCUT2D eigenvalue weighted by atomic mass is 9.65. The van der Waals surface area contributed by atoms with Crippen LogP contribution in [0.5, 0.6) is 0 Å². The van der Waals surface area contributed by atoms with Crippen LogP contribution in [0.3, 0.4) is 0 Å². The first-order valence-corrected chi connectivity index (χ1v) is 15.6. The van der Waals surface area contributed by atoms with E-state index in [4.69, 9.17) is 4.42 Å². The third-order valence-electron chi connectivity index (χ3n) is 10.4. The van der Waals surface area contributed by atoms with Crippen LogP contribution in [0.2, 0.25) is 0 Å². The van der Waals surface area contributed by atoms with Crippen LogP contribution in [0.25, 0.3) is 71.7 Å². The number of benzene rings is 7. The van der Waals surface area contributed by atoms with Gasteiger partial charge in [0.1, 0.15) is 11.2 Å². The quantitative estimate of drug-likeness (QED) is 0.192. The molecule has 2 heteroatoms. The number of rotatable bonds is 1. The molecule has 2 aromatic heterocycles. The molecule has 0 amide bonds. The largest absolute Gasteiger partial charge is 0.456 e. The van der Waals surface area contributed by atoms with E-state index in [1.165, 1.54) is 72.0 Å². The van der Waals surface area contributed by atoms with Crippen molar-refractivity contribution in [2.24, 2.45) is 0 Å². The summed E-state index contributed by atoms with van der Waals surface area (Å²) < 4.78 is 8.70. The lowest BCUT2D eigenvalue weighted by molar-refractivity contribution is 0.669. The number of nitrogens with zero attached hydrogens (tertiary/aromatic N) is 1. The molecule has 0 N–H and O–H groups in total. The fraction of sp³-hybridized carbons (Fsp3) is 0.0233. The summed E-state index contributed by atoms with van der Waals surface area (Å²) in [5, 5.41) is 4.89. The van der Waals surface area contributed by atoms with Gasteiger partial charge in [-0.3, -0.25) is 0 Å². The first-order chi connectivity index (χ1) is 22.3. The Labute approximate surface area is 259 Å². The molecule has 45 heavy (non-hydrogen) atoms. The zero-order chi connectivity index (χ0) is 29.3. The van der Waals surface area contributed by atoms with Crippen LogP contribution in [0.1, 0.15) is 22.3 Å². The van der Waals surface area contributed by atoms with Gasteiger partial charge in [0.05, 0.1) is 22.1 Å². The molecule has 2 nitrogen and oxygen atoms in total. The predicted molar refractivity (Wildman–Crippen MR) is 184 cm³/mol. The van der Waals surface area contributed by atoms with Crippen molar-refractivity contribution in [2.75, 3.05) is 0 Å². The summed E-state index contributed by atoms with van der Waals surface area (Å²) >= 11 is 0. The minimum atomic E-state index is -0.450. The molecule has 0 saturated carbocycles. The van der Waals surface area contributed by atoms with E-state index in [1.807, 2.05) is 12.1 Å². The number of furan rings is 1. The Morgan fingerprint density at radius 2 is 1.04 bits per heavy atom. The second-order valence-corrected chi connectivity index (χ2v) is 12.4. The van der Waals surface area contributed by atoms with Gasteiger partial charge in [-0.05, 0) is 80.9 Å². The molecule has 7 aromatic carbocycles. The molecule has 9 aromatic rings. The van der Waals surface area contributed by atoms with Crippen molar-refractivity contribution in [2.45, 2.75) is 5.41 Å². The minimum Gasteiger partial charge on any atom is -0.456 e. The second-order valence-electron chi connectivity index (χ2n) is 12.4. The lowest BCUT2D eigenvalue weighted by Gasteiger charge is -2.40. The molecule has 0 bridgehead atoms. The van der Waals surface area contributed by atoms with Gasteiger partial charge in [0, 0.05) is 21.5 Å². The summed E-state index contributed by atoms with van der Waals surface area (Å²) in [6, 6.07) is 55.9. The predicted octanol–water partition coefficient (Wildman–Crippen LogP) is 11.0. The molecule has 1 aliphatic heterocycles. The number of hydrogen-bond donors (Lipinski definition) is 0. The van der Waals surface area contributed by atoms with Crippen LogP contribution >= 0.6 is 0 Å². The van der Waals surface area contributed by atoms with E-state index in [1.54, 1.807) is 0 Å². The van der Waals surface area contributed by atoms with Crippen LogP contribution in [-0.2, 0) is 5.41 Å². The van der Waals surface area contributed by atoms with E-state index in [2.05, 4.69) is 144 Å². The van der Waals surface area contributed by atoms with Crippen molar-refractivity contribution in [3.63, 3.8) is 0 Å². The lowest BCUT2D eigenvalue weighted by Crippen LogP contribution is -2.33. The van der Waals surface area contributed by atoms with E-state index in [0.717, 1.165) is 21.9 Å². The van der Waals surface area contributed by atoms with Crippen molar-refractivity contribution in [3.8, 4) is 27.9 Å². The standard InChI is InChI=1S/C43H25NO/c1-5-15-34-28(10-1)29-11-2-6-16-35(29)43(34)36-17-9-14-32-30-12-3-7-18-38(30)44(42(32)36)39-22-20-27(25-37(39)43)26-21-23-41-33(24-26)31-13-4-8-19-40(31)45-41/h1-25H. The number of aromatic nitrogens is 1. The fourth-order valence-corrected chi connectivity index (χ4v) is 8.65.